The number of nitrogens with zero attached hydrogens (tertiary/aromatic N) is 3. The summed E-state index contributed by atoms with van der Waals surface area (Å²) in [5, 5.41) is 9.92. The fourth-order valence-corrected chi connectivity index (χ4v) is 3.78. The van der Waals surface area contributed by atoms with Crippen LogP contribution < -0.4 is 0 Å². The Labute approximate surface area is 174 Å². The molecule has 28 heavy (non-hydrogen) atoms. The lowest BCUT2D eigenvalue weighted by Gasteiger charge is -2.34. The summed E-state index contributed by atoms with van der Waals surface area (Å²) in [6.07, 6.45) is 4.18. The first-order valence-corrected chi connectivity index (χ1v) is 9.98. The molecule has 8 heteroatoms. The molecule has 2 aromatic rings. The zero-order valence-corrected chi connectivity index (χ0v) is 16.9. The summed E-state index contributed by atoms with van der Waals surface area (Å²) < 4.78 is 11.1. The van der Waals surface area contributed by atoms with Gasteiger partial charge < -0.3 is 14.1 Å². The molecule has 0 spiro atoms. The highest BCUT2D eigenvalue weighted by molar-refractivity contribution is 6.36. The van der Waals surface area contributed by atoms with Gasteiger partial charge >= 0.3 is 0 Å². The first kappa shape index (κ1) is 20.7. The Morgan fingerprint density at radius 3 is 2.82 bits per heavy atom. The Bertz CT molecular complexity index is 857. The molecule has 1 aliphatic rings. The van der Waals surface area contributed by atoms with Crippen LogP contribution in [0.25, 0.3) is 11.3 Å². The first-order chi connectivity index (χ1) is 13.6. The van der Waals surface area contributed by atoms with Crippen LogP contribution in [0.2, 0.25) is 10.0 Å². The quantitative estimate of drug-likeness (QED) is 0.656. The van der Waals surface area contributed by atoms with E-state index in [-0.39, 0.29) is 18.4 Å². The van der Waals surface area contributed by atoms with Crippen LogP contribution in [0.15, 0.2) is 28.8 Å². The zero-order chi connectivity index (χ0) is 19.9. The Kier molecular flexibility index (Phi) is 7.32. The molecule has 0 aliphatic carbocycles. The predicted octanol–water partition coefficient (Wildman–Crippen LogP) is 4.50. The van der Waals surface area contributed by atoms with Gasteiger partial charge in [0.25, 0.3) is 0 Å². The van der Waals surface area contributed by atoms with Gasteiger partial charge in [0.05, 0.1) is 23.7 Å². The van der Waals surface area contributed by atoms with Crippen LogP contribution in [0.1, 0.15) is 31.6 Å². The van der Waals surface area contributed by atoms with Crippen LogP contribution in [0.5, 0.6) is 0 Å². The summed E-state index contributed by atoms with van der Waals surface area (Å²) in [6, 6.07) is 7.39. The molecule has 0 N–H and O–H groups in total. The molecule has 1 amide bonds. The molecule has 0 saturated carbocycles. The van der Waals surface area contributed by atoms with Crippen LogP contribution in [0.4, 0.5) is 0 Å². The van der Waals surface area contributed by atoms with Gasteiger partial charge in [-0.1, -0.05) is 23.2 Å². The van der Waals surface area contributed by atoms with Crippen molar-refractivity contribution < 1.29 is 13.9 Å². The van der Waals surface area contributed by atoms with Gasteiger partial charge in [0.2, 0.25) is 5.91 Å². The number of hydrogen-bond acceptors (Lipinski definition) is 5. The lowest BCUT2D eigenvalue weighted by molar-refractivity contribution is -0.135. The molecule has 0 radical (unpaired) electrons. The van der Waals surface area contributed by atoms with Gasteiger partial charge in [-0.25, -0.2) is 4.98 Å². The summed E-state index contributed by atoms with van der Waals surface area (Å²) in [7, 11) is 0. The van der Waals surface area contributed by atoms with Crippen molar-refractivity contribution in [2.75, 3.05) is 19.8 Å². The van der Waals surface area contributed by atoms with Crippen LogP contribution in [0, 0.1) is 11.3 Å². The molecule has 0 bridgehead atoms. The van der Waals surface area contributed by atoms with E-state index in [4.69, 9.17) is 37.6 Å². The molecule has 2 heterocycles. The zero-order valence-electron chi connectivity index (χ0n) is 15.4. The number of aromatic nitrogens is 1. The van der Waals surface area contributed by atoms with Crippen molar-refractivity contribution in [3.05, 3.63) is 40.3 Å². The smallest absolute Gasteiger partial charge is 0.223 e. The van der Waals surface area contributed by atoms with Crippen LogP contribution in [-0.4, -0.2) is 41.6 Å². The van der Waals surface area contributed by atoms with Gasteiger partial charge in [-0.15, -0.1) is 0 Å². The number of ether oxygens (including phenoxy) is 1. The van der Waals surface area contributed by atoms with Gasteiger partial charge in [-0.2, -0.15) is 5.26 Å². The summed E-state index contributed by atoms with van der Waals surface area (Å²) in [6.45, 7) is 1.73. The van der Waals surface area contributed by atoms with Gasteiger partial charge in [0, 0.05) is 49.2 Å². The average molecular weight is 422 g/mol. The molecule has 1 saturated heterocycles. The van der Waals surface area contributed by atoms with E-state index in [9.17, 15) is 4.79 Å². The summed E-state index contributed by atoms with van der Waals surface area (Å²) >= 11 is 12.1. The number of amides is 1. The maximum Gasteiger partial charge on any atom is 0.223 e. The van der Waals surface area contributed by atoms with E-state index in [2.05, 4.69) is 11.1 Å². The highest BCUT2D eigenvalue weighted by atomic mass is 35.5. The number of benzene rings is 1. The number of rotatable bonds is 7. The van der Waals surface area contributed by atoms with Gasteiger partial charge in [0.1, 0.15) is 0 Å². The highest BCUT2D eigenvalue weighted by Crippen LogP contribution is 2.31. The maximum atomic E-state index is 12.8. The molecule has 6 nitrogen and oxygen atoms in total. The molecule has 1 aliphatic heterocycles. The van der Waals surface area contributed by atoms with Crippen molar-refractivity contribution >= 4 is 29.1 Å². The SMILES string of the molecule is N#CCCN(C(=O)CCc1ncc(-c2ccc(Cl)cc2Cl)o1)C1CCOCC1. The lowest BCUT2D eigenvalue weighted by atomic mass is 10.1. The minimum atomic E-state index is 0.00595. The highest BCUT2D eigenvalue weighted by Gasteiger charge is 2.25. The first-order valence-electron chi connectivity index (χ1n) is 9.22. The van der Waals surface area contributed by atoms with E-state index in [0.717, 1.165) is 12.8 Å². The van der Waals surface area contributed by atoms with Crippen molar-refractivity contribution in [1.29, 1.82) is 5.26 Å². The topological polar surface area (TPSA) is 79.4 Å². The molecule has 1 aromatic heterocycles. The van der Waals surface area contributed by atoms with Gasteiger partial charge in [-0.05, 0) is 31.0 Å². The van der Waals surface area contributed by atoms with Crippen LogP contribution >= 0.6 is 23.2 Å². The van der Waals surface area contributed by atoms with Gasteiger partial charge in [-0.3, -0.25) is 4.79 Å². The Balaban J connectivity index is 1.62. The summed E-state index contributed by atoms with van der Waals surface area (Å²) in [4.78, 5) is 18.8. The fraction of sp³-hybridized carbons (Fsp3) is 0.450. The van der Waals surface area contributed by atoms with E-state index >= 15 is 0 Å². The third kappa shape index (κ3) is 5.26. The van der Waals surface area contributed by atoms with Crippen molar-refractivity contribution in [2.24, 2.45) is 0 Å². The number of halogens is 2. The molecule has 3 rings (SSSR count). The lowest BCUT2D eigenvalue weighted by Crippen LogP contribution is -2.44. The number of nitriles is 1. The van der Waals surface area contributed by atoms with E-state index in [1.165, 1.54) is 0 Å². The number of oxazole rings is 1. The van der Waals surface area contributed by atoms with Crippen LogP contribution in [-0.2, 0) is 16.0 Å². The van der Waals surface area contributed by atoms with E-state index in [0.29, 0.717) is 59.9 Å². The van der Waals surface area contributed by atoms with Crippen LogP contribution in [0.3, 0.4) is 0 Å². The van der Waals surface area contributed by atoms with Gasteiger partial charge in [0.15, 0.2) is 11.7 Å². The standard InChI is InChI=1S/C20H21Cl2N3O3/c21-14-2-3-16(17(22)12-14)18-13-24-19(28-18)4-5-20(26)25(9-1-8-23)15-6-10-27-11-7-15/h2-3,12-13,15H,1,4-7,9-11H2. The van der Waals surface area contributed by atoms with Crippen molar-refractivity contribution in [3.63, 3.8) is 0 Å². The number of hydrogen-bond donors (Lipinski definition) is 0. The molecule has 0 atom stereocenters. The monoisotopic (exact) mass is 421 g/mol. The molecule has 148 valence electrons. The molecule has 1 fully saturated rings. The minimum absolute atomic E-state index is 0.00595. The fourth-order valence-electron chi connectivity index (χ4n) is 3.28. The van der Waals surface area contributed by atoms with E-state index in [1.807, 2.05) is 4.90 Å². The third-order valence-corrected chi connectivity index (χ3v) is 5.27. The Morgan fingerprint density at radius 2 is 2.11 bits per heavy atom. The Hall–Kier alpha value is -2.07. The summed E-state index contributed by atoms with van der Waals surface area (Å²) in [5.41, 5.74) is 0.703. The molecule has 0 unspecified atom stereocenters. The second kappa shape index (κ2) is 9.92. The molecular weight excluding hydrogens is 401 g/mol. The number of carbonyl (C=O) groups is 1. The normalized spacial score (nSPS) is 14.6. The Morgan fingerprint density at radius 1 is 1.32 bits per heavy atom. The van der Waals surface area contributed by atoms with Crippen molar-refractivity contribution in [3.8, 4) is 17.4 Å². The molecule has 1 aromatic carbocycles. The number of carbonyl (C=O) groups excluding carboxylic acids is 1. The maximum absolute atomic E-state index is 12.8. The second-order valence-electron chi connectivity index (χ2n) is 6.58. The summed E-state index contributed by atoms with van der Waals surface area (Å²) in [5.74, 6) is 1.02. The second-order valence-corrected chi connectivity index (χ2v) is 7.42. The molecular formula is C20H21Cl2N3O3. The minimum Gasteiger partial charge on any atom is -0.441 e. The predicted molar refractivity (Wildman–Crippen MR) is 106 cm³/mol. The van der Waals surface area contributed by atoms with E-state index in [1.54, 1.807) is 24.4 Å². The van der Waals surface area contributed by atoms with Crippen molar-refractivity contribution in [1.82, 2.24) is 9.88 Å². The largest absolute Gasteiger partial charge is 0.441 e. The third-order valence-electron chi connectivity index (χ3n) is 4.72. The van der Waals surface area contributed by atoms with Crippen molar-refractivity contribution in [2.45, 2.75) is 38.1 Å². The van der Waals surface area contributed by atoms with E-state index < -0.39 is 0 Å². The number of aryl methyl sites for hydroxylation is 1. The average Bonchev–Trinajstić information content (AvgIpc) is 3.16.